The third kappa shape index (κ3) is 5.32. The molecule has 0 aliphatic carbocycles. The van der Waals surface area contributed by atoms with Crippen LogP contribution >= 0.6 is 0 Å². The Bertz CT molecular complexity index is 599. The molecule has 0 spiro atoms. The molecule has 9 heteroatoms. The molecule has 1 atom stereocenters. The van der Waals surface area contributed by atoms with Crippen LogP contribution in [0.3, 0.4) is 0 Å². The Morgan fingerprint density at radius 1 is 1.29 bits per heavy atom. The van der Waals surface area contributed by atoms with Crippen molar-refractivity contribution < 1.29 is 27.5 Å². The lowest BCUT2D eigenvalue weighted by molar-refractivity contribution is -0.120. The topological polar surface area (TPSA) is 79.5 Å². The summed E-state index contributed by atoms with van der Waals surface area (Å²) in [5.41, 5.74) is 0.645. The van der Waals surface area contributed by atoms with Crippen LogP contribution in [0.1, 0.15) is 24.4 Å². The Balaban J connectivity index is 1.89. The molecule has 24 heavy (non-hydrogen) atoms. The highest BCUT2D eigenvalue weighted by molar-refractivity contribution is 5.84. The van der Waals surface area contributed by atoms with Gasteiger partial charge in [-0.1, -0.05) is 6.07 Å². The Morgan fingerprint density at radius 2 is 2.08 bits per heavy atom. The number of amides is 3. The molecule has 1 aliphatic rings. The Hall–Kier alpha value is -2.45. The van der Waals surface area contributed by atoms with E-state index >= 15 is 0 Å². The maximum absolute atomic E-state index is 13.3. The molecule has 0 fully saturated rings. The van der Waals surface area contributed by atoms with Crippen molar-refractivity contribution in [3.63, 3.8) is 0 Å². The SMILES string of the molecule is O=C(CNC(=O)NC1CCCOc2cc(F)ccc21)NCC(F)F. The van der Waals surface area contributed by atoms with Gasteiger partial charge in [0, 0.05) is 11.6 Å². The smallest absolute Gasteiger partial charge is 0.315 e. The van der Waals surface area contributed by atoms with E-state index in [1.165, 1.54) is 18.2 Å². The molecule has 0 saturated heterocycles. The van der Waals surface area contributed by atoms with Gasteiger partial charge >= 0.3 is 6.03 Å². The molecule has 6 nitrogen and oxygen atoms in total. The van der Waals surface area contributed by atoms with Crippen LogP contribution < -0.4 is 20.7 Å². The monoisotopic (exact) mass is 345 g/mol. The zero-order chi connectivity index (χ0) is 17.5. The minimum atomic E-state index is -2.65. The van der Waals surface area contributed by atoms with E-state index in [1.807, 2.05) is 5.32 Å². The molecule has 0 saturated carbocycles. The summed E-state index contributed by atoms with van der Waals surface area (Å²) in [6.45, 7) is -0.772. The van der Waals surface area contributed by atoms with Gasteiger partial charge in [-0.2, -0.15) is 0 Å². The normalized spacial score (nSPS) is 16.6. The van der Waals surface area contributed by atoms with Crippen LogP contribution in [0.25, 0.3) is 0 Å². The first-order chi connectivity index (χ1) is 11.5. The third-order valence-electron chi connectivity index (χ3n) is 3.41. The number of fused-ring (bicyclic) bond motifs is 1. The molecule has 0 aromatic heterocycles. The first kappa shape index (κ1) is 17.9. The number of hydrogen-bond acceptors (Lipinski definition) is 3. The van der Waals surface area contributed by atoms with Gasteiger partial charge in [0.05, 0.1) is 25.7 Å². The summed E-state index contributed by atoms with van der Waals surface area (Å²) >= 11 is 0. The zero-order valence-electron chi connectivity index (χ0n) is 12.8. The fourth-order valence-electron chi connectivity index (χ4n) is 2.32. The van der Waals surface area contributed by atoms with E-state index in [0.29, 0.717) is 30.8 Å². The van der Waals surface area contributed by atoms with Crippen LogP contribution in [0.4, 0.5) is 18.0 Å². The number of carbonyl (C=O) groups excluding carboxylic acids is 2. The van der Waals surface area contributed by atoms with Gasteiger partial charge in [0.2, 0.25) is 5.91 Å². The fraction of sp³-hybridized carbons (Fsp3) is 0.467. The standard InChI is InChI=1S/C15H18F3N3O3/c16-9-3-4-10-11(2-1-5-24-12(10)6-9)21-15(23)20-8-14(22)19-7-13(17)18/h3-4,6,11,13H,1-2,5,7-8H2,(H,19,22)(H2,20,21,23). The summed E-state index contributed by atoms with van der Waals surface area (Å²) in [5, 5.41) is 6.95. The molecular weight excluding hydrogens is 327 g/mol. The Morgan fingerprint density at radius 3 is 2.83 bits per heavy atom. The molecule has 1 heterocycles. The quantitative estimate of drug-likeness (QED) is 0.760. The predicted octanol–water partition coefficient (Wildman–Crippen LogP) is 1.72. The van der Waals surface area contributed by atoms with Crippen LogP contribution in [0, 0.1) is 5.82 Å². The molecule has 132 valence electrons. The molecule has 1 unspecified atom stereocenters. The maximum atomic E-state index is 13.3. The number of halogens is 3. The Labute approximate surface area is 136 Å². The van der Waals surface area contributed by atoms with Gasteiger partial charge < -0.3 is 20.7 Å². The van der Waals surface area contributed by atoms with Gasteiger partial charge in [-0.05, 0) is 18.9 Å². The molecule has 1 aromatic carbocycles. The number of benzene rings is 1. The average Bonchev–Trinajstić information content (AvgIpc) is 2.72. The van der Waals surface area contributed by atoms with E-state index in [1.54, 1.807) is 0 Å². The van der Waals surface area contributed by atoms with Crippen molar-refractivity contribution >= 4 is 11.9 Å². The number of urea groups is 1. The highest BCUT2D eigenvalue weighted by Crippen LogP contribution is 2.31. The van der Waals surface area contributed by atoms with Crippen molar-refractivity contribution in [2.75, 3.05) is 19.7 Å². The van der Waals surface area contributed by atoms with E-state index in [-0.39, 0.29) is 0 Å². The predicted molar refractivity (Wildman–Crippen MR) is 79.4 cm³/mol. The van der Waals surface area contributed by atoms with E-state index in [4.69, 9.17) is 4.74 Å². The molecule has 2 rings (SSSR count). The molecular formula is C15H18F3N3O3. The molecule has 3 amide bonds. The summed E-state index contributed by atoms with van der Waals surface area (Å²) in [6.07, 6.45) is -1.40. The first-order valence-electron chi connectivity index (χ1n) is 7.47. The van der Waals surface area contributed by atoms with Gasteiger partial charge in [0.25, 0.3) is 6.43 Å². The summed E-state index contributed by atoms with van der Waals surface area (Å²) in [6, 6.07) is 3.05. The van der Waals surface area contributed by atoms with E-state index in [9.17, 15) is 22.8 Å². The van der Waals surface area contributed by atoms with Crippen LogP contribution in [-0.4, -0.2) is 38.1 Å². The summed E-state index contributed by atoms with van der Waals surface area (Å²) in [5.74, 6) is -0.779. The molecule has 1 aromatic rings. The maximum Gasteiger partial charge on any atom is 0.315 e. The van der Waals surface area contributed by atoms with Crippen LogP contribution in [0.2, 0.25) is 0 Å². The lowest BCUT2D eigenvalue weighted by atomic mass is 10.0. The van der Waals surface area contributed by atoms with Gasteiger partial charge in [-0.25, -0.2) is 18.0 Å². The van der Waals surface area contributed by atoms with Gasteiger partial charge in [0.15, 0.2) is 0 Å². The largest absolute Gasteiger partial charge is 0.493 e. The lowest BCUT2D eigenvalue weighted by Gasteiger charge is -2.18. The average molecular weight is 345 g/mol. The van der Waals surface area contributed by atoms with Crippen LogP contribution in [0.5, 0.6) is 5.75 Å². The van der Waals surface area contributed by atoms with Crippen LogP contribution in [0.15, 0.2) is 18.2 Å². The fourth-order valence-corrected chi connectivity index (χ4v) is 2.32. The van der Waals surface area contributed by atoms with Crippen molar-refractivity contribution in [3.05, 3.63) is 29.6 Å². The molecule has 3 N–H and O–H groups in total. The molecule has 1 aliphatic heterocycles. The number of carbonyl (C=O) groups is 2. The Kier molecular flexibility index (Phi) is 6.28. The number of alkyl halides is 2. The summed E-state index contributed by atoms with van der Waals surface area (Å²) in [4.78, 5) is 23.2. The molecule has 0 bridgehead atoms. The van der Waals surface area contributed by atoms with Gasteiger partial charge in [0.1, 0.15) is 11.6 Å². The number of nitrogens with one attached hydrogen (secondary N) is 3. The second-order valence-corrected chi connectivity index (χ2v) is 5.25. The number of rotatable bonds is 5. The highest BCUT2D eigenvalue weighted by atomic mass is 19.3. The van der Waals surface area contributed by atoms with Crippen LogP contribution in [-0.2, 0) is 4.79 Å². The molecule has 0 radical (unpaired) electrons. The van der Waals surface area contributed by atoms with Gasteiger partial charge in [-0.3, -0.25) is 4.79 Å². The zero-order valence-corrected chi connectivity index (χ0v) is 12.8. The second kappa shape index (κ2) is 8.42. The summed E-state index contributed by atoms with van der Waals surface area (Å²) < 4.78 is 42.6. The number of ether oxygens (including phenoxy) is 1. The summed E-state index contributed by atoms with van der Waals surface area (Å²) in [7, 11) is 0. The van der Waals surface area contributed by atoms with Crippen molar-refractivity contribution in [2.24, 2.45) is 0 Å². The van der Waals surface area contributed by atoms with Crippen molar-refractivity contribution in [1.29, 1.82) is 0 Å². The van der Waals surface area contributed by atoms with E-state index in [2.05, 4.69) is 10.6 Å². The van der Waals surface area contributed by atoms with Gasteiger partial charge in [-0.15, -0.1) is 0 Å². The van der Waals surface area contributed by atoms with Crippen molar-refractivity contribution in [1.82, 2.24) is 16.0 Å². The van der Waals surface area contributed by atoms with E-state index < -0.39 is 43.3 Å². The minimum Gasteiger partial charge on any atom is -0.493 e. The number of hydrogen-bond donors (Lipinski definition) is 3. The third-order valence-corrected chi connectivity index (χ3v) is 3.41. The van der Waals surface area contributed by atoms with Crippen molar-refractivity contribution in [2.45, 2.75) is 25.3 Å². The highest BCUT2D eigenvalue weighted by Gasteiger charge is 2.22. The first-order valence-corrected chi connectivity index (χ1v) is 7.47. The van der Waals surface area contributed by atoms with E-state index in [0.717, 1.165) is 0 Å². The lowest BCUT2D eigenvalue weighted by Crippen LogP contribution is -2.44. The second-order valence-electron chi connectivity index (χ2n) is 5.25. The van der Waals surface area contributed by atoms with Crippen molar-refractivity contribution in [3.8, 4) is 5.75 Å². The minimum absolute atomic E-state index is 0.368.